The van der Waals surface area contributed by atoms with Crippen molar-refractivity contribution < 1.29 is 14.3 Å². The molecule has 0 aliphatic carbocycles. The molecule has 5 heteroatoms. The predicted octanol–water partition coefficient (Wildman–Crippen LogP) is 0.881. The number of likely N-dealkylation sites (tertiary alicyclic amines) is 1. The van der Waals surface area contributed by atoms with Gasteiger partial charge in [-0.3, -0.25) is 9.69 Å². The van der Waals surface area contributed by atoms with Crippen LogP contribution in [0, 0.1) is 5.82 Å². The average Bonchev–Trinajstić information content (AvgIpc) is 2.79. The lowest BCUT2D eigenvalue weighted by Crippen LogP contribution is -2.32. The van der Waals surface area contributed by atoms with E-state index in [1.54, 1.807) is 0 Å². The van der Waals surface area contributed by atoms with E-state index in [-0.39, 0.29) is 18.5 Å². The molecule has 4 nitrogen and oxygen atoms in total. The Balaban J connectivity index is 2.17. The van der Waals surface area contributed by atoms with Crippen LogP contribution in [0.15, 0.2) is 18.2 Å². The summed E-state index contributed by atoms with van der Waals surface area (Å²) in [5, 5.41) is 9.22. The first-order valence-corrected chi connectivity index (χ1v) is 6.05. The summed E-state index contributed by atoms with van der Waals surface area (Å²) in [6.45, 7) is 1.32. The Kier molecular flexibility index (Phi) is 3.93. The fourth-order valence-electron chi connectivity index (χ4n) is 2.38. The summed E-state index contributed by atoms with van der Waals surface area (Å²) in [6.07, 6.45) is 1.93. The van der Waals surface area contributed by atoms with Gasteiger partial charge in [-0.05, 0) is 37.6 Å². The molecule has 18 heavy (non-hydrogen) atoms. The van der Waals surface area contributed by atoms with Crippen LogP contribution in [0.1, 0.15) is 28.8 Å². The van der Waals surface area contributed by atoms with Crippen LogP contribution in [0.3, 0.4) is 0 Å². The van der Waals surface area contributed by atoms with Gasteiger partial charge in [-0.15, -0.1) is 0 Å². The molecule has 1 aromatic carbocycles. The van der Waals surface area contributed by atoms with Gasteiger partial charge in [0.25, 0.3) is 0 Å². The van der Waals surface area contributed by atoms with Crippen LogP contribution in [0.4, 0.5) is 4.39 Å². The molecule has 0 saturated carbocycles. The minimum atomic E-state index is -0.559. The van der Waals surface area contributed by atoms with E-state index in [1.807, 2.05) is 4.90 Å². The second-order valence-electron chi connectivity index (χ2n) is 4.62. The SMILES string of the molecule is NC(=O)c1ccc(F)c(CN2CCC[C@H]2CO)c1. The van der Waals surface area contributed by atoms with Crippen LogP contribution >= 0.6 is 0 Å². The highest BCUT2D eigenvalue weighted by atomic mass is 19.1. The smallest absolute Gasteiger partial charge is 0.248 e. The number of nitrogens with two attached hydrogens (primary N) is 1. The number of rotatable bonds is 4. The molecular weight excluding hydrogens is 235 g/mol. The van der Waals surface area contributed by atoms with Crippen molar-refractivity contribution in [1.29, 1.82) is 0 Å². The summed E-state index contributed by atoms with van der Waals surface area (Å²) < 4.78 is 13.7. The lowest BCUT2D eigenvalue weighted by Gasteiger charge is -2.23. The standard InChI is InChI=1S/C13H17FN2O2/c14-12-4-3-9(13(15)18)6-10(12)7-16-5-1-2-11(16)8-17/h3-4,6,11,17H,1-2,5,7-8H2,(H2,15,18)/t11-/m0/s1. The molecule has 0 aromatic heterocycles. The molecule has 0 spiro atoms. The predicted molar refractivity (Wildman–Crippen MR) is 65.4 cm³/mol. The fourth-order valence-corrected chi connectivity index (χ4v) is 2.38. The van der Waals surface area contributed by atoms with E-state index in [9.17, 15) is 14.3 Å². The minimum absolute atomic E-state index is 0.0805. The number of amides is 1. The van der Waals surface area contributed by atoms with Crippen molar-refractivity contribution in [3.8, 4) is 0 Å². The number of carbonyl (C=O) groups excluding carboxylic acids is 1. The molecule has 1 fully saturated rings. The fraction of sp³-hybridized carbons (Fsp3) is 0.462. The molecule has 1 aliphatic rings. The monoisotopic (exact) mass is 252 g/mol. The summed E-state index contributed by atoms with van der Waals surface area (Å²) in [7, 11) is 0. The Labute approximate surface area is 105 Å². The van der Waals surface area contributed by atoms with Crippen LogP contribution in [0.5, 0.6) is 0 Å². The van der Waals surface area contributed by atoms with E-state index in [1.165, 1.54) is 18.2 Å². The highest BCUT2D eigenvalue weighted by Crippen LogP contribution is 2.21. The molecule has 1 aliphatic heterocycles. The average molecular weight is 252 g/mol. The van der Waals surface area contributed by atoms with Gasteiger partial charge in [-0.1, -0.05) is 0 Å². The van der Waals surface area contributed by atoms with Gasteiger partial charge < -0.3 is 10.8 Å². The van der Waals surface area contributed by atoms with E-state index in [4.69, 9.17) is 5.73 Å². The van der Waals surface area contributed by atoms with Crippen molar-refractivity contribution >= 4 is 5.91 Å². The zero-order chi connectivity index (χ0) is 13.1. The minimum Gasteiger partial charge on any atom is -0.395 e. The van der Waals surface area contributed by atoms with Crippen molar-refractivity contribution in [1.82, 2.24) is 4.90 Å². The molecule has 0 radical (unpaired) electrons. The van der Waals surface area contributed by atoms with Gasteiger partial charge in [0, 0.05) is 23.7 Å². The lowest BCUT2D eigenvalue weighted by molar-refractivity contribution is 0.1000. The molecule has 0 bridgehead atoms. The van der Waals surface area contributed by atoms with Gasteiger partial charge in [0.2, 0.25) is 5.91 Å². The maximum absolute atomic E-state index is 13.7. The van der Waals surface area contributed by atoms with E-state index in [0.29, 0.717) is 17.7 Å². The van der Waals surface area contributed by atoms with Gasteiger partial charge in [0.15, 0.2) is 0 Å². The first-order valence-electron chi connectivity index (χ1n) is 6.05. The molecule has 0 unspecified atom stereocenters. The molecule has 1 heterocycles. The zero-order valence-electron chi connectivity index (χ0n) is 10.1. The highest BCUT2D eigenvalue weighted by molar-refractivity contribution is 5.92. The number of hydrogen-bond donors (Lipinski definition) is 2. The number of benzene rings is 1. The van der Waals surface area contributed by atoms with E-state index >= 15 is 0 Å². The summed E-state index contributed by atoms with van der Waals surface area (Å²) >= 11 is 0. The Morgan fingerprint density at radius 1 is 1.56 bits per heavy atom. The normalized spacial score (nSPS) is 20.2. The Hall–Kier alpha value is -1.46. The molecule has 1 atom stereocenters. The van der Waals surface area contributed by atoms with Crippen LogP contribution in [0.2, 0.25) is 0 Å². The molecule has 3 N–H and O–H groups in total. The van der Waals surface area contributed by atoms with Crippen LogP contribution < -0.4 is 5.73 Å². The van der Waals surface area contributed by atoms with Crippen LogP contribution in [-0.4, -0.2) is 35.1 Å². The molecule has 1 saturated heterocycles. The summed E-state index contributed by atoms with van der Waals surface area (Å²) in [5.41, 5.74) is 5.94. The quantitative estimate of drug-likeness (QED) is 0.836. The molecular formula is C13H17FN2O2. The van der Waals surface area contributed by atoms with Gasteiger partial charge >= 0.3 is 0 Å². The van der Waals surface area contributed by atoms with Gasteiger partial charge in [-0.25, -0.2) is 4.39 Å². The second-order valence-corrected chi connectivity index (χ2v) is 4.62. The van der Waals surface area contributed by atoms with Gasteiger partial charge in [0.1, 0.15) is 5.82 Å². The lowest BCUT2D eigenvalue weighted by atomic mass is 10.1. The molecule has 98 valence electrons. The largest absolute Gasteiger partial charge is 0.395 e. The van der Waals surface area contributed by atoms with Crippen molar-refractivity contribution in [2.24, 2.45) is 5.73 Å². The summed E-state index contributed by atoms with van der Waals surface area (Å²) in [4.78, 5) is 13.1. The Bertz CT molecular complexity index is 451. The number of nitrogens with zero attached hydrogens (tertiary/aromatic N) is 1. The number of hydrogen-bond acceptors (Lipinski definition) is 3. The maximum atomic E-state index is 13.7. The second kappa shape index (κ2) is 5.46. The van der Waals surface area contributed by atoms with Crippen molar-refractivity contribution in [2.45, 2.75) is 25.4 Å². The number of carbonyl (C=O) groups is 1. The van der Waals surface area contributed by atoms with Crippen molar-refractivity contribution in [3.63, 3.8) is 0 Å². The van der Waals surface area contributed by atoms with Crippen molar-refractivity contribution in [3.05, 3.63) is 35.1 Å². The Morgan fingerprint density at radius 2 is 2.33 bits per heavy atom. The Morgan fingerprint density at radius 3 is 3.00 bits per heavy atom. The molecule has 1 amide bonds. The highest BCUT2D eigenvalue weighted by Gasteiger charge is 2.24. The van der Waals surface area contributed by atoms with Gasteiger partial charge in [0.05, 0.1) is 6.61 Å². The van der Waals surface area contributed by atoms with E-state index < -0.39 is 5.91 Å². The first-order chi connectivity index (χ1) is 8.61. The first kappa shape index (κ1) is 13.0. The summed E-state index contributed by atoms with van der Waals surface area (Å²) in [6, 6.07) is 4.22. The third-order valence-electron chi connectivity index (χ3n) is 3.41. The van der Waals surface area contributed by atoms with Crippen molar-refractivity contribution in [2.75, 3.05) is 13.2 Å². The third kappa shape index (κ3) is 2.68. The number of primary amides is 1. The third-order valence-corrected chi connectivity index (χ3v) is 3.41. The number of aliphatic hydroxyl groups excluding tert-OH is 1. The van der Waals surface area contributed by atoms with E-state index in [2.05, 4.69) is 0 Å². The van der Waals surface area contributed by atoms with Crippen LogP contribution in [-0.2, 0) is 6.54 Å². The summed E-state index contributed by atoms with van der Waals surface area (Å²) in [5.74, 6) is -0.903. The zero-order valence-corrected chi connectivity index (χ0v) is 10.1. The maximum Gasteiger partial charge on any atom is 0.248 e. The number of halogens is 1. The van der Waals surface area contributed by atoms with Crippen LogP contribution in [0.25, 0.3) is 0 Å². The van der Waals surface area contributed by atoms with E-state index in [0.717, 1.165) is 19.4 Å². The number of aliphatic hydroxyl groups is 1. The van der Waals surface area contributed by atoms with Gasteiger partial charge in [-0.2, -0.15) is 0 Å². The topological polar surface area (TPSA) is 66.6 Å². The molecule has 1 aromatic rings. The molecule has 2 rings (SSSR count).